The van der Waals surface area contributed by atoms with Crippen LogP contribution in [0.5, 0.6) is 0 Å². The first-order valence-corrected chi connectivity index (χ1v) is 8.45. The molecule has 4 rings (SSSR count). The number of aromatic nitrogens is 4. The highest BCUT2D eigenvalue weighted by Crippen LogP contribution is 2.32. The van der Waals surface area contributed by atoms with E-state index >= 15 is 0 Å². The largest absolute Gasteiger partial charge is 0.234 e. The maximum atomic E-state index is 4.66. The van der Waals surface area contributed by atoms with E-state index in [0.717, 1.165) is 25.5 Å². The summed E-state index contributed by atoms with van der Waals surface area (Å²) in [6, 6.07) is 8.16. The van der Waals surface area contributed by atoms with Crippen LogP contribution in [0.25, 0.3) is 25.9 Å². The predicted molar refractivity (Wildman–Crippen MR) is 81.3 cm³/mol. The van der Waals surface area contributed by atoms with Gasteiger partial charge in [-0.1, -0.05) is 35.2 Å². The molecular formula is C12H8N4S3. The van der Waals surface area contributed by atoms with Crippen LogP contribution in [0.2, 0.25) is 0 Å². The minimum Gasteiger partial charge on any atom is -0.234 e. The monoisotopic (exact) mass is 304 g/mol. The molecule has 0 atom stereocenters. The Morgan fingerprint density at radius 2 is 2.11 bits per heavy atom. The van der Waals surface area contributed by atoms with E-state index in [9.17, 15) is 0 Å². The van der Waals surface area contributed by atoms with Crippen molar-refractivity contribution in [2.45, 2.75) is 4.34 Å². The van der Waals surface area contributed by atoms with Gasteiger partial charge in [0, 0.05) is 0 Å². The first-order chi connectivity index (χ1) is 9.35. The third-order valence-corrected chi connectivity index (χ3v) is 5.71. The topological polar surface area (TPSA) is 43.1 Å². The summed E-state index contributed by atoms with van der Waals surface area (Å²) in [7, 11) is 0. The second kappa shape index (κ2) is 4.29. The van der Waals surface area contributed by atoms with Gasteiger partial charge in [0.05, 0.1) is 16.4 Å². The fourth-order valence-corrected chi connectivity index (χ4v) is 4.18. The normalized spacial score (nSPS) is 11.6. The van der Waals surface area contributed by atoms with E-state index in [1.807, 2.05) is 35.2 Å². The summed E-state index contributed by atoms with van der Waals surface area (Å²) >= 11 is 4.91. The molecule has 4 nitrogen and oxygen atoms in total. The summed E-state index contributed by atoms with van der Waals surface area (Å²) in [5.41, 5.74) is 1.99. The fraction of sp³-hybridized carbons (Fsp3) is 0.0833. The first kappa shape index (κ1) is 11.4. The van der Waals surface area contributed by atoms with Crippen LogP contribution in [0.3, 0.4) is 0 Å². The van der Waals surface area contributed by atoms with Crippen LogP contribution < -0.4 is 0 Å². The first-order valence-electron chi connectivity index (χ1n) is 5.59. The van der Waals surface area contributed by atoms with E-state index in [0.29, 0.717) is 0 Å². The molecule has 0 N–H and O–H groups in total. The van der Waals surface area contributed by atoms with E-state index in [1.54, 1.807) is 34.4 Å². The number of thiazole rings is 1. The molecule has 0 aliphatic heterocycles. The molecule has 0 saturated carbocycles. The predicted octanol–water partition coefficient (Wildman–Crippen LogP) is 3.79. The molecule has 0 amide bonds. The van der Waals surface area contributed by atoms with Gasteiger partial charge in [-0.25, -0.2) is 9.97 Å². The average molecular weight is 304 g/mol. The molecule has 4 aromatic rings. The van der Waals surface area contributed by atoms with Crippen LogP contribution in [-0.2, 0) is 0 Å². The van der Waals surface area contributed by atoms with E-state index in [1.165, 1.54) is 4.70 Å². The van der Waals surface area contributed by atoms with Crippen molar-refractivity contribution in [1.82, 2.24) is 19.6 Å². The number of hydrogen-bond donors (Lipinski definition) is 0. The molecular weight excluding hydrogens is 296 g/mol. The molecule has 1 aromatic carbocycles. The molecule has 0 aliphatic carbocycles. The Bertz CT molecular complexity index is 840. The zero-order chi connectivity index (χ0) is 12.8. The zero-order valence-corrected chi connectivity index (χ0v) is 12.3. The number of nitrogens with zero attached hydrogens (tertiary/aromatic N) is 4. The van der Waals surface area contributed by atoms with Gasteiger partial charge in [-0.3, -0.25) is 0 Å². The zero-order valence-electron chi connectivity index (χ0n) is 9.90. The second-order valence-electron chi connectivity index (χ2n) is 3.90. The van der Waals surface area contributed by atoms with Gasteiger partial charge in [-0.2, -0.15) is 4.52 Å². The van der Waals surface area contributed by atoms with Gasteiger partial charge < -0.3 is 0 Å². The maximum absolute atomic E-state index is 4.66. The molecule has 0 unspecified atom stereocenters. The van der Waals surface area contributed by atoms with Crippen molar-refractivity contribution in [3.63, 3.8) is 0 Å². The minimum absolute atomic E-state index is 0.915. The van der Waals surface area contributed by atoms with Gasteiger partial charge in [-0.15, -0.1) is 16.4 Å². The van der Waals surface area contributed by atoms with Crippen LogP contribution >= 0.6 is 34.4 Å². The number of rotatable bonds is 2. The lowest BCUT2D eigenvalue weighted by molar-refractivity contribution is 0.922. The number of fused-ring (bicyclic) bond motifs is 2. The van der Waals surface area contributed by atoms with Crippen molar-refractivity contribution in [2.75, 3.05) is 6.26 Å². The molecule has 0 saturated heterocycles. The Morgan fingerprint density at radius 1 is 1.21 bits per heavy atom. The van der Waals surface area contributed by atoms with Crippen molar-refractivity contribution in [2.24, 2.45) is 0 Å². The molecule has 19 heavy (non-hydrogen) atoms. The van der Waals surface area contributed by atoms with Crippen molar-refractivity contribution in [1.29, 1.82) is 0 Å². The quantitative estimate of drug-likeness (QED) is 0.528. The SMILES string of the molecule is CSc1nn2c(-c3nc4ccccc4s3)cnc2s1. The molecule has 0 radical (unpaired) electrons. The van der Waals surface area contributed by atoms with Crippen LogP contribution in [-0.4, -0.2) is 25.8 Å². The highest BCUT2D eigenvalue weighted by Gasteiger charge is 2.14. The lowest BCUT2D eigenvalue weighted by Gasteiger charge is -1.90. The van der Waals surface area contributed by atoms with Crippen LogP contribution in [0.15, 0.2) is 34.8 Å². The Balaban J connectivity index is 1.95. The molecule has 0 aliphatic rings. The van der Waals surface area contributed by atoms with Gasteiger partial charge in [0.1, 0.15) is 10.7 Å². The number of thioether (sulfide) groups is 1. The Labute approximate surface area is 121 Å². The third-order valence-electron chi connectivity index (χ3n) is 2.75. The molecule has 94 valence electrons. The Hall–Kier alpha value is -1.44. The summed E-state index contributed by atoms with van der Waals surface area (Å²) < 4.78 is 4.09. The molecule has 0 spiro atoms. The van der Waals surface area contributed by atoms with Crippen LogP contribution in [0.1, 0.15) is 0 Å². The van der Waals surface area contributed by atoms with E-state index in [2.05, 4.69) is 21.1 Å². The molecule has 3 aromatic heterocycles. The standard InChI is InChI=1S/C12H8N4S3/c1-17-12-15-16-8(6-13-11(16)19-12)10-14-7-4-2-3-5-9(7)18-10/h2-6H,1H3. The maximum Gasteiger partial charge on any atom is 0.213 e. The van der Waals surface area contributed by atoms with E-state index in [4.69, 9.17) is 0 Å². The third kappa shape index (κ3) is 1.77. The highest BCUT2D eigenvalue weighted by molar-refractivity contribution is 8.00. The smallest absolute Gasteiger partial charge is 0.213 e. The van der Waals surface area contributed by atoms with Crippen molar-refractivity contribution >= 4 is 49.6 Å². The summed E-state index contributed by atoms with van der Waals surface area (Å²) in [6.07, 6.45) is 3.87. The fourth-order valence-electron chi connectivity index (χ4n) is 1.89. The second-order valence-corrected chi connectivity index (χ2v) is 6.94. The number of imidazole rings is 1. The van der Waals surface area contributed by atoms with Crippen LogP contribution in [0.4, 0.5) is 0 Å². The van der Waals surface area contributed by atoms with Crippen LogP contribution in [0, 0.1) is 0 Å². The van der Waals surface area contributed by atoms with Gasteiger partial charge >= 0.3 is 0 Å². The van der Waals surface area contributed by atoms with Gasteiger partial charge in [-0.05, 0) is 18.4 Å². The molecule has 3 heterocycles. The number of para-hydroxylation sites is 1. The summed E-state index contributed by atoms with van der Waals surface area (Å²) in [4.78, 5) is 9.98. The Morgan fingerprint density at radius 3 is 2.95 bits per heavy atom. The van der Waals surface area contributed by atoms with Crippen molar-refractivity contribution < 1.29 is 0 Å². The number of hydrogen-bond acceptors (Lipinski definition) is 6. The van der Waals surface area contributed by atoms with E-state index in [-0.39, 0.29) is 0 Å². The van der Waals surface area contributed by atoms with Crippen molar-refractivity contribution in [3.05, 3.63) is 30.5 Å². The average Bonchev–Trinajstić information content (AvgIpc) is 3.10. The Kier molecular flexibility index (Phi) is 2.57. The summed E-state index contributed by atoms with van der Waals surface area (Å²) in [5.74, 6) is 0. The van der Waals surface area contributed by atoms with Gasteiger partial charge in [0.25, 0.3) is 0 Å². The molecule has 0 bridgehead atoms. The van der Waals surface area contributed by atoms with E-state index < -0.39 is 0 Å². The molecule has 0 fully saturated rings. The summed E-state index contributed by atoms with van der Waals surface area (Å²) in [5, 5.41) is 5.50. The lowest BCUT2D eigenvalue weighted by Crippen LogP contribution is -1.87. The number of benzene rings is 1. The van der Waals surface area contributed by atoms with Gasteiger partial charge in [0.15, 0.2) is 4.34 Å². The minimum atomic E-state index is 0.915. The van der Waals surface area contributed by atoms with Crippen molar-refractivity contribution in [3.8, 4) is 10.7 Å². The lowest BCUT2D eigenvalue weighted by atomic mass is 10.3. The summed E-state index contributed by atoms with van der Waals surface area (Å²) in [6.45, 7) is 0. The van der Waals surface area contributed by atoms with Gasteiger partial charge in [0.2, 0.25) is 4.96 Å². The molecule has 7 heteroatoms. The highest BCUT2D eigenvalue weighted by atomic mass is 32.2.